The quantitative estimate of drug-likeness (QED) is 0.837. The molecule has 0 bridgehead atoms. The van der Waals surface area contributed by atoms with Gasteiger partial charge in [0.1, 0.15) is 0 Å². The van der Waals surface area contributed by atoms with Crippen molar-refractivity contribution in [2.75, 3.05) is 11.4 Å². The molecule has 1 aromatic heterocycles. The third-order valence-electron chi connectivity index (χ3n) is 3.91. The van der Waals surface area contributed by atoms with Gasteiger partial charge in [-0.3, -0.25) is 4.79 Å². The first-order valence-corrected chi connectivity index (χ1v) is 9.08. The summed E-state index contributed by atoms with van der Waals surface area (Å²) >= 11 is 1.82. The Bertz CT molecular complexity index is 739. The monoisotopic (exact) mass is 345 g/mol. The summed E-state index contributed by atoms with van der Waals surface area (Å²) in [6, 6.07) is 8.08. The summed E-state index contributed by atoms with van der Waals surface area (Å²) < 4.78 is 5.60. The SMILES string of the molecule is CC(C)c1nnc(CCC(=O)N2CC(C)(C)Sc3ccccc32)o1. The lowest BCUT2D eigenvalue weighted by Gasteiger charge is -2.38. The van der Waals surface area contributed by atoms with Gasteiger partial charge in [0.25, 0.3) is 0 Å². The number of aromatic nitrogens is 2. The molecule has 0 atom stereocenters. The van der Waals surface area contributed by atoms with Crippen molar-refractivity contribution >= 4 is 23.4 Å². The summed E-state index contributed by atoms with van der Waals surface area (Å²) in [6.07, 6.45) is 0.847. The molecule has 3 rings (SSSR count). The Morgan fingerprint density at radius 2 is 2.08 bits per heavy atom. The number of para-hydroxylation sites is 1. The van der Waals surface area contributed by atoms with Crippen LogP contribution in [-0.4, -0.2) is 27.4 Å². The minimum Gasteiger partial charge on any atom is -0.425 e. The van der Waals surface area contributed by atoms with Crippen LogP contribution in [0.4, 0.5) is 5.69 Å². The maximum atomic E-state index is 12.8. The van der Waals surface area contributed by atoms with Crippen LogP contribution in [0, 0.1) is 0 Å². The minimum absolute atomic E-state index is 0.000681. The highest BCUT2D eigenvalue weighted by Gasteiger charge is 2.33. The van der Waals surface area contributed by atoms with E-state index in [0.717, 1.165) is 10.6 Å². The molecule has 0 unspecified atom stereocenters. The Balaban J connectivity index is 1.72. The molecule has 128 valence electrons. The van der Waals surface area contributed by atoms with Gasteiger partial charge in [0.05, 0.1) is 5.69 Å². The van der Waals surface area contributed by atoms with Gasteiger partial charge in [0.2, 0.25) is 17.7 Å². The summed E-state index contributed by atoms with van der Waals surface area (Å²) in [5.41, 5.74) is 1.00. The third-order valence-corrected chi connectivity index (χ3v) is 5.16. The molecule has 1 aliphatic rings. The molecule has 2 aromatic rings. The topological polar surface area (TPSA) is 59.2 Å². The molecule has 0 fully saturated rings. The number of fused-ring (bicyclic) bond motifs is 1. The van der Waals surface area contributed by atoms with E-state index < -0.39 is 0 Å². The fourth-order valence-corrected chi connectivity index (χ4v) is 3.95. The number of nitrogens with zero attached hydrogens (tertiary/aromatic N) is 3. The average Bonchev–Trinajstić information content (AvgIpc) is 3.00. The average molecular weight is 345 g/mol. The van der Waals surface area contributed by atoms with Gasteiger partial charge in [-0.1, -0.05) is 26.0 Å². The van der Waals surface area contributed by atoms with Crippen LogP contribution in [0.5, 0.6) is 0 Å². The lowest BCUT2D eigenvalue weighted by molar-refractivity contribution is -0.118. The van der Waals surface area contributed by atoms with Crippen molar-refractivity contribution in [2.24, 2.45) is 0 Å². The van der Waals surface area contributed by atoms with E-state index in [4.69, 9.17) is 4.42 Å². The van der Waals surface area contributed by atoms with Crippen LogP contribution >= 0.6 is 11.8 Å². The fraction of sp³-hybridized carbons (Fsp3) is 0.500. The van der Waals surface area contributed by atoms with Crippen molar-refractivity contribution in [2.45, 2.75) is 56.1 Å². The zero-order valence-electron chi connectivity index (χ0n) is 14.6. The van der Waals surface area contributed by atoms with Gasteiger partial charge in [0.15, 0.2) is 0 Å². The highest BCUT2D eigenvalue weighted by molar-refractivity contribution is 8.00. The second kappa shape index (κ2) is 6.59. The van der Waals surface area contributed by atoms with E-state index in [2.05, 4.69) is 30.1 Å². The summed E-state index contributed by atoms with van der Waals surface area (Å²) in [7, 11) is 0. The van der Waals surface area contributed by atoms with Gasteiger partial charge < -0.3 is 9.32 Å². The van der Waals surface area contributed by atoms with Crippen molar-refractivity contribution in [1.29, 1.82) is 0 Å². The number of carbonyl (C=O) groups is 1. The summed E-state index contributed by atoms with van der Waals surface area (Å²) in [5, 5.41) is 8.06. The van der Waals surface area contributed by atoms with E-state index in [1.807, 2.05) is 48.7 Å². The van der Waals surface area contributed by atoms with Gasteiger partial charge >= 0.3 is 0 Å². The molecule has 0 radical (unpaired) electrons. The molecule has 2 heterocycles. The van der Waals surface area contributed by atoms with E-state index in [1.54, 1.807) is 0 Å². The Hall–Kier alpha value is -1.82. The molecule has 0 spiro atoms. The lowest BCUT2D eigenvalue weighted by atomic mass is 10.1. The third kappa shape index (κ3) is 3.64. The molecule has 5 nitrogen and oxygen atoms in total. The first-order chi connectivity index (χ1) is 11.4. The normalized spacial score (nSPS) is 16.3. The van der Waals surface area contributed by atoms with Crippen LogP contribution in [0.2, 0.25) is 0 Å². The number of amides is 1. The van der Waals surface area contributed by atoms with E-state index in [0.29, 0.717) is 31.2 Å². The van der Waals surface area contributed by atoms with Crippen LogP contribution in [0.3, 0.4) is 0 Å². The molecule has 0 N–H and O–H groups in total. The molecule has 1 amide bonds. The first-order valence-electron chi connectivity index (χ1n) is 8.26. The van der Waals surface area contributed by atoms with Crippen molar-refractivity contribution in [3.05, 3.63) is 36.0 Å². The van der Waals surface area contributed by atoms with Gasteiger partial charge in [-0.05, 0) is 26.0 Å². The highest BCUT2D eigenvalue weighted by Crippen LogP contribution is 2.44. The number of hydrogen-bond acceptors (Lipinski definition) is 5. The molecular formula is C18H23N3O2S. The zero-order chi connectivity index (χ0) is 17.3. The zero-order valence-corrected chi connectivity index (χ0v) is 15.4. The van der Waals surface area contributed by atoms with E-state index in [1.165, 1.54) is 0 Å². The van der Waals surface area contributed by atoms with Crippen LogP contribution in [0.1, 0.15) is 51.8 Å². The van der Waals surface area contributed by atoms with Crippen molar-refractivity contribution < 1.29 is 9.21 Å². The van der Waals surface area contributed by atoms with E-state index >= 15 is 0 Å². The molecule has 0 aliphatic carbocycles. The molecule has 0 saturated heterocycles. The molecule has 0 saturated carbocycles. The maximum absolute atomic E-state index is 12.8. The molecular weight excluding hydrogens is 322 g/mol. The summed E-state index contributed by atoms with van der Waals surface area (Å²) in [4.78, 5) is 15.8. The number of benzene rings is 1. The van der Waals surface area contributed by atoms with Crippen LogP contribution in [0.15, 0.2) is 33.6 Å². The number of carbonyl (C=O) groups excluding carboxylic acids is 1. The second-order valence-corrected chi connectivity index (χ2v) is 8.75. The fourth-order valence-electron chi connectivity index (χ4n) is 2.73. The number of rotatable bonds is 4. The predicted octanol–water partition coefficient (Wildman–Crippen LogP) is 4.04. The Morgan fingerprint density at radius 1 is 1.33 bits per heavy atom. The van der Waals surface area contributed by atoms with Gasteiger partial charge in [-0.25, -0.2) is 0 Å². The first kappa shape index (κ1) is 17.0. The predicted molar refractivity (Wildman–Crippen MR) is 95.4 cm³/mol. The smallest absolute Gasteiger partial charge is 0.227 e. The van der Waals surface area contributed by atoms with E-state index in [9.17, 15) is 4.79 Å². The van der Waals surface area contributed by atoms with Gasteiger partial charge in [-0.15, -0.1) is 22.0 Å². The Kier molecular flexibility index (Phi) is 4.67. The number of hydrogen-bond donors (Lipinski definition) is 0. The standard InChI is InChI=1S/C18H23N3O2S/c1-12(2)17-20-19-15(23-17)9-10-16(22)21-11-18(3,4)24-14-8-6-5-7-13(14)21/h5-8,12H,9-11H2,1-4H3. The minimum atomic E-state index is -0.000681. The lowest BCUT2D eigenvalue weighted by Crippen LogP contribution is -2.43. The number of anilines is 1. The van der Waals surface area contributed by atoms with Crippen LogP contribution < -0.4 is 4.90 Å². The Morgan fingerprint density at radius 3 is 2.79 bits per heavy atom. The van der Waals surface area contributed by atoms with Gasteiger partial charge in [0, 0.05) is 34.9 Å². The second-order valence-electron chi connectivity index (χ2n) is 7.00. The van der Waals surface area contributed by atoms with Crippen molar-refractivity contribution in [3.63, 3.8) is 0 Å². The number of thioether (sulfide) groups is 1. The molecule has 1 aromatic carbocycles. The highest BCUT2D eigenvalue weighted by atomic mass is 32.2. The molecule has 1 aliphatic heterocycles. The van der Waals surface area contributed by atoms with Crippen LogP contribution in [-0.2, 0) is 11.2 Å². The van der Waals surface area contributed by atoms with Gasteiger partial charge in [-0.2, -0.15) is 0 Å². The van der Waals surface area contributed by atoms with Crippen molar-refractivity contribution in [1.82, 2.24) is 10.2 Å². The Labute approximate surface area is 146 Å². The molecule has 24 heavy (non-hydrogen) atoms. The molecule has 6 heteroatoms. The maximum Gasteiger partial charge on any atom is 0.227 e. The van der Waals surface area contributed by atoms with E-state index in [-0.39, 0.29) is 16.6 Å². The van der Waals surface area contributed by atoms with Crippen LogP contribution in [0.25, 0.3) is 0 Å². The van der Waals surface area contributed by atoms with Crippen molar-refractivity contribution in [3.8, 4) is 0 Å². The number of aryl methyl sites for hydroxylation is 1. The summed E-state index contributed by atoms with van der Waals surface area (Å²) in [6.45, 7) is 9.05. The summed E-state index contributed by atoms with van der Waals surface area (Å²) in [5.74, 6) is 1.46. The largest absolute Gasteiger partial charge is 0.425 e.